The van der Waals surface area contributed by atoms with Crippen molar-refractivity contribution < 1.29 is 13.5 Å². The summed E-state index contributed by atoms with van der Waals surface area (Å²) < 4.78 is 39.4. The molecule has 1 unspecified atom stereocenters. The van der Waals surface area contributed by atoms with Crippen molar-refractivity contribution >= 4 is 5.82 Å². The van der Waals surface area contributed by atoms with Crippen LogP contribution in [0.5, 0.6) is 0 Å². The Hall–Kier alpha value is -2.33. The molecule has 4 aliphatic rings. The molecule has 3 fully saturated rings. The fourth-order valence-electron chi connectivity index (χ4n) is 5.28. The maximum Gasteiger partial charge on any atom is 0.349 e. The summed E-state index contributed by atoms with van der Waals surface area (Å²) >= 11 is 0. The summed E-state index contributed by atoms with van der Waals surface area (Å²) in [6.45, 7) is 1.41. The van der Waals surface area contributed by atoms with Crippen LogP contribution in [-0.4, -0.2) is 47.4 Å². The number of rotatable bonds is 2. The number of alkyl halides is 2. The molecule has 4 heterocycles. The summed E-state index contributed by atoms with van der Waals surface area (Å²) in [5.74, 6) is -2.90. The Morgan fingerprint density at radius 2 is 2.11 bits per heavy atom. The predicted molar refractivity (Wildman–Crippen MR) is 93.5 cm³/mol. The van der Waals surface area contributed by atoms with Crippen LogP contribution in [0.3, 0.4) is 0 Å². The number of nitrogen functional groups attached to an aromatic ring is 1. The monoisotopic (exact) mass is 390 g/mol. The van der Waals surface area contributed by atoms with Crippen LogP contribution in [0.1, 0.15) is 36.6 Å². The van der Waals surface area contributed by atoms with E-state index >= 15 is 8.78 Å². The highest BCUT2D eigenvalue weighted by Gasteiger charge is 2.84. The van der Waals surface area contributed by atoms with E-state index in [1.54, 1.807) is 0 Å². The Bertz CT molecular complexity index is 1070. The van der Waals surface area contributed by atoms with Gasteiger partial charge < -0.3 is 10.5 Å². The highest BCUT2D eigenvalue weighted by molar-refractivity contribution is 5.33. The molecule has 0 radical (unpaired) electrons. The van der Waals surface area contributed by atoms with Crippen molar-refractivity contribution in [2.45, 2.75) is 61.6 Å². The Kier molecular flexibility index (Phi) is 2.85. The van der Waals surface area contributed by atoms with Crippen LogP contribution in [0, 0.1) is 0 Å². The minimum absolute atomic E-state index is 0.0346. The highest BCUT2D eigenvalue weighted by Crippen LogP contribution is 2.72. The highest BCUT2D eigenvalue weighted by atomic mass is 19.3. The molecule has 2 aliphatic carbocycles. The van der Waals surface area contributed by atoms with Gasteiger partial charge in [0, 0.05) is 50.8 Å². The molecule has 2 aromatic rings. The van der Waals surface area contributed by atoms with E-state index < -0.39 is 28.9 Å². The van der Waals surface area contributed by atoms with E-state index in [1.165, 1.54) is 16.8 Å². The fourth-order valence-corrected chi connectivity index (χ4v) is 5.28. The molecule has 2 N–H and O–H groups in total. The van der Waals surface area contributed by atoms with Crippen LogP contribution in [0.15, 0.2) is 23.3 Å². The van der Waals surface area contributed by atoms with Crippen LogP contribution in [-0.2, 0) is 24.9 Å². The van der Waals surface area contributed by atoms with Crippen molar-refractivity contribution in [3.63, 3.8) is 0 Å². The molecule has 0 amide bonds. The number of aromatic nitrogens is 4. The quantitative estimate of drug-likeness (QED) is 0.817. The van der Waals surface area contributed by atoms with Crippen LogP contribution in [0.4, 0.5) is 14.6 Å². The number of ether oxygens (including phenoxy) is 1. The fraction of sp³-hybridized carbons (Fsp3) is 0.611. The van der Waals surface area contributed by atoms with Crippen LogP contribution >= 0.6 is 0 Å². The molecular weight excluding hydrogens is 370 g/mol. The molecule has 10 heteroatoms. The first-order valence-electron chi connectivity index (χ1n) is 9.41. The summed E-state index contributed by atoms with van der Waals surface area (Å²) in [5, 5.41) is 4.25. The molecule has 4 atom stereocenters. The van der Waals surface area contributed by atoms with E-state index in [0.29, 0.717) is 19.5 Å². The van der Waals surface area contributed by atoms with Gasteiger partial charge in [-0.05, 0) is 12.5 Å². The first kappa shape index (κ1) is 16.6. The van der Waals surface area contributed by atoms with Gasteiger partial charge in [0.05, 0.1) is 23.5 Å². The zero-order chi connectivity index (χ0) is 19.5. The molecule has 2 saturated carbocycles. The minimum Gasteiger partial charge on any atom is -0.383 e. The molecule has 1 saturated heterocycles. The van der Waals surface area contributed by atoms with Gasteiger partial charge in [0.15, 0.2) is 5.60 Å². The minimum atomic E-state index is -2.98. The van der Waals surface area contributed by atoms with Gasteiger partial charge in [-0.1, -0.05) is 0 Å². The third-order valence-electron chi connectivity index (χ3n) is 6.89. The van der Waals surface area contributed by atoms with Gasteiger partial charge in [-0.3, -0.25) is 14.1 Å². The SMILES string of the molecule is Cn1ncc2c1CN([C@H]1C[C@@]13CC(F)(F)[C@]1(CC1n1ccc(N)nc1=O)O3)C2. The van der Waals surface area contributed by atoms with Crippen LogP contribution in [0.25, 0.3) is 0 Å². The molecule has 2 spiro atoms. The van der Waals surface area contributed by atoms with E-state index in [1.807, 2.05) is 17.9 Å². The second-order valence-corrected chi connectivity index (χ2v) is 8.56. The average molecular weight is 390 g/mol. The Balaban J connectivity index is 1.25. The number of anilines is 1. The first-order valence-corrected chi connectivity index (χ1v) is 9.41. The summed E-state index contributed by atoms with van der Waals surface area (Å²) in [7, 11) is 1.90. The number of nitrogens with zero attached hydrogens (tertiary/aromatic N) is 5. The van der Waals surface area contributed by atoms with Gasteiger partial charge in [-0.25, -0.2) is 13.6 Å². The van der Waals surface area contributed by atoms with E-state index in [9.17, 15) is 4.79 Å². The second kappa shape index (κ2) is 4.80. The number of hydrogen-bond acceptors (Lipinski definition) is 6. The molecule has 2 aliphatic heterocycles. The Morgan fingerprint density at radius 1 is 1.29 bits per heavy atom. The summed E-state index contributed by atoms with van der Waals surface area (Å²) in [4.78, 5) is 18.0. The number of aryl methyl sites for hydroxylation is 1. The number of nitrogens with two attached hydrogens (primary N) is 1. The van der Waals surface area contributed by atoms with E-state index in [0.717, 1.165) is 11.3 Å². The number of halogens is 2. The Morgan fingerprint density at radius 3 is 2.86 bits per heavy atom. The van der Waals surface area contributed by atoms with Crippen molar-refractivity contribution in [2.75, 3.05) is 5.73 Å². The van der Waals surface area contributed by atoms with E-state index in [4.69, 9.17) is 10.5 Å². The van der Waals surface area contributed by atoms with Gasteiger partial charge in [0.2, 0.25) is 0 Å². The summed E-state index contributed by atoms with van der Waals surface area (Å²) in [6, 6.07) is 0.711. The topological polar surface area (TPSA) is 91.2 Å². The third kappa shape index (κ3) is 1.97. The zero-order valence-electron chi connectivity index (χ0n) is 15.3. The van der Waals surface area contributed by atoms with E-state index in [-0.39, 0.29) is 24.7 Å². The molecule has 148 valence electrons. The molecule has 0 bridgehead atoms. The van der Waals surface area contributed by atoms with Gasteiger partial charge in [-0.15, -0.1) is 0 Å². The zero-order valence-corrected chi connectivity index (χ0v) is 15.3. The normalized spacial score (nSPS) is 37.7. The number of fused-ring (bicyclic) bond motifs is 1. The maximum atomic E-state index is 15.1. The molecule has 8 nitrogen and oxygen atoms in total. The lowest BCUT2D eigenvalue weighted by Gasteiger charge is -2.20. The lowest BCUT2D eigenvalue weighted by molar-refractivity contribution is -0.106. The molecular formula is C18H20F2N6O2. The van der Waals surface area contributed by atoms with Crippen LogP contribution in [0.2, 0.25) is 0 Å². The third-order valence-corrected chi connectivity index (χ3v) is 6.89. The smallest absolute Gasteiger partial charge is 0.349 e. The van der Waals surface area contributed by atoms with Crippen molar-refractivity contribution in [1.29, 1.82) is 0 Å². The molecule has 28 heavy (non-hydrogen) atoms. The van der Waals surface area contributed by atoms with Gasteiger partial charge in [0.1, 0.15) is 5.82 Å². The van der Waals surface area contributed by atoms with Crippen molar-refractivity contribution in [3.05, 3.63) is 40.2 Å². The predicted octanol–water partition coefficient (Wildman–Crippen LogP) is 0.825. The van der Waals surface area contributed by atoms with Gasteiger partial charge in [-0.2, -0.15) is 10.1 Å². The van der Waals surface area contributed by atoms with Crippen molar-refractivity contribution in [1.82, 2.24) is 24.2 Å². The summed E-state index contributed by atoms with van der Waals surface area (Å²) in [5.41, 5.74) is 4.72. The Labute approximate surface area is 158 Å². The van der Waals surface area contributed by atoms with Crippen molar-refractivity contribution in [3.8, 4) is 0 Å². The lowest BCUT2D eigenvalue weighted by Crippen LogP contribution is -2.36. The lowest BCUT2D eigenvalue weighted by atomic mass is 10.1. The second-order valence-electron chi connectivity index (χ2n) is 8.56. The maximum absolute atomic E-state index is 15.1. The molecule has 2 aromatic heterocycles. The van der Waals surface area contributed by atoms with Crippen molar-refractivity contribution in [2.24, 2.45) is 7.05 Å². The largest absolute Gasteiger partial charge is 0.383 e. The van der Waals surface area contributed by atoms with E-state index in [2.05, 4.69) is 15.0 Å². The molecule has 6 rings (SSSR count). The first-order chi connectivity index (χ1) is 13.2. The molecule has 0 aromatic carbocycles. The summed E-state index contributed by atoms with van der Waals surface area (Å²) in [6.07, 6.45) is 3.68. The average Bonchev–Trinajstić information content (AvgIpc) is 3.35. The van der Waals surface area contributed by atoms with Gasteiger partial charge in [0.25, 0.3) is 5.92 Å². The van der Waals surface area contributed by atoms with Gasteiger partial charge >= 0.3 is 5.69 Å². The standard InChI is InChI=1S/C18H20F2N6O2/c1-24-11-8-25(7-10(11)6-22-24)12-4-16(12)9-18(19,20)17(28-16)5-13(17)26-3-2-14(21)23-15(26)27/h2-3,6,12-13H,4-5,7-9H2,1H3,(H2,21,23,27)/t12-,13?,16+,17+/m0/s1. The van der Waals surface area contributed by atoms with Crippen LogP contribution < -0.4 is 11.4 Å². The number of hydrogen-bond donors (Lipinski definition) is 1.